The van der Waals surface area contributed by atoms with Gasteiger partial charge in [-0.3, -0.25) is 0 Å². The second-order valence-corrected chi connectivity index (χ2v) is 2.73. The van der Waals surface area contributed by atoms with Crippen molar-refractivity contribution in [3.63, 3.8) is 0 Å². The van der Waals surface area contributed by atoms with Crippen molar-refractivity contribution in [2.45, 2.75) is 19.5 Å². The number of hydrogen-bond acceptors (Lipinski definition) is 1. The van der Waals surface area contributed by atoms with Gasteiger partial charge in [0.05, 0.1) is 0 Å². The molecule has 1 radical (unpaired) electrons. The number of benzene rings is 1. The topological polar surface area (TPSA) is 12.0 Å². The van der Waals surface area contributed by atoms with Crippen LogP contribution in [0, 0.1) is 6.07 Å². The van der Waals surface area contributed by atoms with Gasteiger partial charge < -0.3 is 5.32 Å². The molecule has 1 unspecified atom stereocenters. The van der Waals surface area contributed by atoms with Gasteiger partial charge in [0, 0.05) is 12.6 Å². The molecule has 1 heteroatoms. The third kappa shape index (κ3) is 0.745. The molecule has 0 aromatic heterocycles. The first-order valence-corrected chi connectivity index (χ1v) is 3.60. The average molecular weight is 132 g/mol. The van der Waals surface area contributed by atoms with Crippen molar-refractivity contribution in [2.75, 3.05) is 0 Å². The summed E-state index contributed by atoms with van der Waals surface area (Å²) in [7, 11) is 0. The predicted molar refractivity (Wildman–Crippen MR) is 40.5 cm³/mol. The van der Waals surface area contributed by atoms with E-state index in [1.165, 1.54) is 11.1 Å². The second-order valence-electron chi connectivity index (χ2n) is 2.73. The molecule has 1 aromatic carbocycles. The Morgan fingerprint density at radius 3 is 3.40 bits per heavy atom. The highest BCUT2D eigenvalue weighted by atomic mass is 14.9. The molecule has 1 nitrogen and oxygen atoms in total. The van der Waals surface area contributed by atoms with Crippen LogP contribution in [0.5, 0.6) is 0 Å². The zero-order valence-corrected chi connectivity index (χ0v) is 6.02. The van der Waals surface area contributed by atoms with Gasteiger partial charge in [-0.25, -0.2) is 0 Å². The van der Waals surface area contributed by atoms with E-state index >= 15 is 0 Å². The van der Waals surface area contributed by atoms with Crippen LogP contribution >= 0.6 is 0 Å². The van der Waals surface area contributed by atoms with E-state index in [4.69, 9.17) is 0 Å². The van der Waals surface area contributed by atoms with Gasteiger partial charge in [0.15, 0.2) is 0 Å². The van der Waals surface area contributed by atoms with Gasteiger partial charge in [0.25, 0.3) is 0 Å². The lowest BCUT2D eigenvalue weighted by atomic mass is 10.1. The van der Waals surface area contributed by atoms with Crippen LogP contribution in [0.15, 0.2) is 18.2 Å². The van der Waals surface area contributed by atoms with E-state index in [0.29, 0.717) is 6.04 Å². The highest BCUT2D eigenvalue weighted by molar-refractivity contribution is 5.32. The Balaban J connectivity index is 2.51. The van der Waals surface area contributed by atoms with Gasteiger partial charge in [0.2, 0.25) is 0 Å². The van der Waals surface area contributed by atoms with Crippen LogP contribution < -0.4 is 5.32 Å². The smallest absolute Gasteiger partial charge is 0.0298 e. The Morgan fingerprint density at radius 1 is 1.70 bits per heavy atom. The summed E-state index contributed by atoms with van der Waals surface area (Å²) in [6, 6.07) is 9.78. The van der Waals surface area contributed by atoms with E-state index in [1.54, 1.807) is 0 Å². The SMILES string of the molecule is CC1NCc2c[c]ccc21. The van der Waals surface area contributed by atoms with Crippen molar-refractivity contribution in [3.8, 4) is 0 Å². The number of fused-ring (bicyclic) bond motifs is 1. The largest absolute Gasteiger partial charge is 0.306 e. The Bertz CT molecular complexity index is 242. The lowest BCUT2D eigenvalue weighted by molar-refractivity contribution is 0.633. The van der Waals surface area contributed by atoms with E-state index < -0.39 is 0 Å². The monoisotopic (exact) mass is 132 g/mol. The van der Waals surface area contributed by atoms with Crippen molar-refractivity contribution in [2.24, 2.45) is 0 Å². The molecule has 0 saturated heterocycles. The lowest BCUT2D eigenvalue weighted by Crippen LogP contribution is -2.06. The molecule has 0 fully saturated rings. The summed E-state index contributed by atoms with van der Waals surface area (Å²) in [6.07, 6.45) is 0. The molecule has 0 spiro atoms. The number of nitrogens with one attached hydrogen (secondary N) is 1. The minimum Gasteiger partial charge on any atom is -0.306 e. The minimum absolute atomic E-state index is 0.532. The van der Waals surface area contributed by atoms with Gasteiger partial charge in [0.1, 0.15) is 0 Å². The Morgan fingerprint density at radius 2 is 2.60 bits per heavy atom. The van der Waals surface area contributed by atoms with Crippen LogP contribution in [-0.2, 0) is 6.54 Å². The van der Waals surface area contributed by atoms with Crippen molar-refractivity contribution in [1.29, 1.82) is 0 Å². The average Bonchev–Trinajstić information content (AvgIpc) is 2.34. The quantitative estimate of drug-likeness (QED) is 0.566. The van der Waals surface area contributed by atoms with Crippen LogP contribution in [0.3, 0.4) is 0 Å². The summed E-state index contributed by atoms with van der Waals surface area (Å²) in [5.41, 5.74) is 2.83. The Kier molecular flexibility index (Phi) is 1.24. The first-order valence-electron chi connectivity index (χ1n) is 3.60. The molecule has 1 aliphatic rings. The summed E-state index contributed by atoms with van der Waals surface area (Å²) in [5.74, 6) is 0. The maximum Gasteiger partial charge on any atom is 0.0298 e. The van der Waals surface area contributed by atoms with Crippen molar-refractivity contribution >= 4 is 0 Å². The number of hydrogen-bond donors (Lipinski definition) is 1. The zero-order valence-electron chi connectivity index (χ0n) is 6.02. The molecule has 0 aliphatic carbocycles. The van der Waals surface area contributed by atoms with Crippen molar-refractivity contribution < 1.29 is 0 Å². The van der Waals surface area contributed by atoms with Gasteiger partial charge in [-0.1, -0.05) is 12.1 Å². The number of rotatable bonds is 0. The van der Waals surface area contributed by atoms with Crippen LogP contribution in [0.1, 0.15) is 24.1 Å². The molecule has 51 valence electrons. The van der Waals surface area contributed by atoms with Crippen LogP contribution in [0.2, 0.25) is 0 Å². The third-order valence-electron chi connectivity index (χ3n) is 2.05. The van der Waals surface area contributed by atoms with E-state index in [9.17, 15) is 0 Å². The Labute approximate surface area is 61.1 Å². The molecule has 10 heavy (non-hydrogen) atoms. The standard InChI is InChI=1S/C9H10N/c1-7-9-5-3-2-4-8(9)6-10-7/h3-5,7,10H,6H2,1H3. The highest BCUT2D eigenvalue weighted by Gasteiger charge is 2.15. The van der Waals surface area contributed by atoms with E-state index in [1.807, 2.05) is 6.07 Å². The van der Waals surface area contributed by atoms with Gasteiger partial charge in [-0.15, -0.1) is 0 Å². The van der Waals surface area contributed by atoms with Crippen LogP contribution in [0.4, 0.5) is 0 Å². The van der Waals surface area contributed by atoms with E-state index in [-0.39, 0.29) is 0 Å². The molecule has 1 N–H and O–H groups in total. The van der Waals surface area contributed by atoms with E-state index in [2.05, 4.69) is 30.4 Å². The molecule has 1 heterocycles. The minimum atomic E-state index is 0.532. The fourth-order valence-corrected chi connectivity index (χ4v) is 1.43. The summed E-state index contributed by atoms with van der Waals surface area (Å²) in [5, 5.41) is 3.36. The molecule has 1 aliphatic heterocycles. The normalized spacial score (nSPS) is 22.7. The molecule has 1 aromatic rings. The van der Waals surface area contributed by atoms with Crippen molar-refractivity contribution in [3.05, 3.63) is 35.4 Å². The molecular weight excluding hydrogens is 122 g/mol. The van der Waals surface area contributed by atoms with Crippen LogP contribution in [0.25, 0.3) is 0 Å². The maximum atomic E-state index is 3.36. The zero-order chi connectivity index (χ0) is 6.97. The third-order valence-corrected chi connectivity index (χ3v) is 2.05. The molecule has 0 saturated carbocycles. The summed E-state index contributed by atoms with van der Waals surface area (Å²) < 4.78 is 0. The fourth-order valence-electron chi connectivity index (χ4n) is 1.43. The molecule has 0 bridgehead atoms. The van der Waals surface area contributed by atoms with Crippen molar-refractivity contribution in [1.82, 2.24) is 5.32 Å². The van der Waals surface area contributed by atoms with Gasteiger partial charge in [-0.05, 0) is 30.2 Å². The van der Waals surface area contributed by atoms with Gasteiger partial charge in [-0.2, -0.15) is 0 Å². The Hall–Kier alpha value is -0.820. The highest BCUT2D eigenvalue weighted by Crippen LogP contribution is 2.23. The van der Waals surface area contributed by atoms with Gasteiger partial charge >= 0.3 is 0 Å². The molecule has 0 amide bonds. The molecular formula is C9H10N. The van der Waals surface area contributed by atoms with E-state index in [0.717, 1.165) is 6.54 Å². The summed E-state index contributed by atoms with van der Waals surface area (Å²) >= 11 is 0. The lowest BCUT2D eigenvalue weighted by Gasteiger charge is -2.01. The second kappa shape index (κ2) is 2.10. The predicted octanol–water partition coefficient (Wildman–Crippen LogP) is 1.65. The molecule has 1 atom stereocenters. The molecule has 2 rings (SSSR count). The summed E-state index contributed by atoms with van der Waals surface area (Å²) in [4.78, 5) is 0. The summed E-state index contributed by atoms with van der Waals surface area (Å²) in [6.45, 7) is 3.19. The fraction of sp³-hybridized carbons (Fsp3) is 0.333. The first-order chi connectivity index (χ1) is 4.88. The first kappa shape index (κ1) is 5.93. The maximum absolute atomic E-state index is 3.36. The van der Waals surface area contributed by atoms with Crippen LogP contribution in [-0.4, -0.2) is 0 Å².